The van der Waals surface area contributed by atoms with Crippen molar-refractivity contribution in [3.05, 3.63) is 91.0 Å². The summed E-state index contributed by atoms with van der Waals surface area (Å²) in [7, 11) is 0. The van der Waals surface area contributed by atoms with Gasteiger partial charge in [0, 0.05) is 22.8 Å². The summed E-state index contributed by atoms with van der Waals surface area (Å²) in [5, 5.41) is 16.9. The minimum atomic E-state index is -0.348. The second-order valence-corrected chi connectivity index (χ2v) is 6.87. The number of halogens is 1. The number of aromatic nitrogens is 2. The molecule has 7 nitrogen and oxygen atoms in total. The van der Waals surface area contributed by atoms with Crippen LogP contribution in [0.3, 0.4) is 0 Å². The second-order valence-electron chi connectivity index (χ2n) is 6.87. The number of hydrogen-bond donors (Lipinski definition) is 3. The Balaban J connectivity index is 1.53. The minimum Gasteiger partial charge on any atom is -0.504 e. The molecule has 1 heterocycles. The molecule has 0 saturated carbocycles. The standard InChI is InChI=1S/C24H19FN4O3/c1-2-23(31)28-17-6-8-20-19(11-17)24(27-14-26-20)29-18-7-9-22(21(30)12-18)32-13-15-4-3-5-16(25)10-15/h2-12,14,30H,1,13H2,(H,28,31)(H,26,27,29). The lowest BCUT2D eigenvalue weighted by atomic mass is 10.2. The number of fused-ring (bicyclic) bond motifs is 1. The van der Waals surface area contributed by atoms with Crippen LogP contribution in [-0.2, 0) is 11.4 Å². The molecule has 0 aliphatic heterocycles. The third-order valence-corrected chi connectivity index (χ3v) is 4.59. The molecule has 32 heavy (non-hydrogen) atoms. The van der Waals surface area contributed by atoms with Crippen molar-refractivity contribution in [1.29, 1.82) is 0 Å². The molecule has 4 rings (SSSR count). The van der Waals surface area contributed by atoms with Crippen LogP contribution in [0, 0.1) is 5.82 Å². The Morgan fingerprint density at radius 2 is 1.94 bits per heavy atom. The molecule has 160 valence electrons. The lowest BCUT2D eigenvalue weighted by Gasteiger charge is -2.12. The van der Waals surface area contributed by atoms with E-state index in [9.17, 15) is 14.3 Å². The summed E-state index contributed by atoms with van der Waals surface area (Å²) in [5.74, 6) is 0.0108. The quantitative estimate of drug-likeness (QED) is 0.360. The average molecular weight is 430 g/mol. The van der Waals surface area contributed by atoms with Crippen LogP contribution in [0.25, 0.3) is 10.9 Å². The Morgan fingerprint density at radius 1 is 1.09 bits per heavy atom. The van der Waals surface area contributed by atoms with Crippen LogP contribution in [0.1, 0.15) is 5.56 Å². The van der Waals surface area contributed by atoms with Crippen molar-refractivity contribution in [3.63, 3.8) is 0 Å². The Kier molecular flexibility index (Phi) is 5.94. The Hall–Kier alpha value is -4.46. The number of ether oxygens (including phenoxy) is 1. The number of benzene rings is 3. The molecule has 3 N–H and O–H groups in total. The number of hydrogen-bond acceptors (Lipinski definition) is 6. The van der Waals surface area contributed by atoms with Gasteiger partial charge in [-0.05, 0) is 54.1 Å². The van der Waals surface area contributed by atoms with Crippen LogP contribution >= 0.6 is 0 Å². The summed E-state index contributed by atoms with van der Waals surface area (Å²) in [6, 6.07) is 16.1. The Bertz CT molecular complexity index is 1310. The van der Waals surface area contributed by atoms with E-state index in [4.69, 9.17) is 4.74 Å². The highest BCUT2D eigenvalue weighted by atomic mass is 19.1. The minimum absolute atomic E-state index is 0.0799. The maximum Gasteiger partial charge on any atom is 0.247 e. The maximum atomic E-state index is 13.3. The number of aromatic hydroxyl groups is 1. The number of nitrogens with one attached hydrogen (secondary N) is 2. The number of anilines is 3. The number of carbonyl (C=O) groups is 1. The predicted octanol–water partition coefficient (Wildman–Crippen LogP) is 4.92. The van der Waals surface area contributed by atoms with Crippen molar-refractivity contribution in [1.82, 2.24) is 9.97 Å². The molecule has 0 unspecified atom stereocenters. The van der Waals surface area contributed by atoms with E-state index in [1.54, 1.807) is 42.5 Å². The Labute approximate surface area is 183 Å². The molecular formula is C24H19FN4O3. The summed E-state index contributed by atoms with van der Waals surface area (Å²) in [6.07, 6.45) is 2.61. The first-order valence-corrected chi connectivity index (χ1v) is 9.67. The molecule has 0 atom stereocenters. The van der Waals surface area contributed by atoms with Gasteiger partial charge >= 0.3 is 0 Å². The van der Waals surface area contributed by atoms with Gasteiger partial charge in [-0.3, -0.25) is 4.79 Å². The number of nitrogens with zero attached hydrogens (tertiary/aromatic N) is 2. The van der Waals surface area contributed by atoms with Crippen molar-refractivity contribution in [2.24, 2.45) is 0 Å². The van der Waals surface area contributed by atoms with E-state index < -0.39 is 0 Å². The smallest absolute Gasteiger partial charge is 0.247 e. The number of rotatable bonds is 7. The number of carbonyl (C=O) groups excluding carboxylic acids is 1. The summed E-state index contributed by atoms with van der Waals surface area (Å²) >= 11 is 0. The molecule has 0 fully saturated rings. The molecule has 0 saturated heterocycles. The fourth-order valence-electron chi connectivity index (χ4n) is 3.07. The highest BCUT2D eigenvalue weighted by molar-refractivity contribution is 6.01. The van der Waals surface area contributed by atoms with Crippen LogP contribution in [0.15, 0.2) is 79.6 Å². The van der Waals surface area contributed by atoms with E-state index >= 15 is 0 Å². The number of phenolic OH excluding ortho intramolecular Hbond substituents is 1. The number of phenols is 1. The van der Waals surface area contributed by atoms with Crippen LogP contribution < -0.4 is 15.4 Å². The van der Waals surface area contributed by atoms with Gasteiger partial charge < -0.3 is 20.5 Å². The fourth-order valence-corrected chi connectivity index (χ4v) is 3.07. The van der Waals surface area contributed by atoms with Crippen LogP contribution in [0.5, 0.6) is 11.5 Å². The third kappa shape index (κ3) is 4.81. The molecule has 1 amide bonds. The van der Waals surface area contributed by atoms with Gasteiger partial charge in [-0.15, -0.1) is 0 Å². The monoisotopic (exact) mass is 430 g/mol. The van der Waals surface area contributed by atoms with Gasteiger partial charge in [0.2, 0.25) is 5.91 Å². The van der Waals surface area contributed by atoms with Gasteiger partial charge in [0.1, 0.15) is 24.6 Å². The molecule has 0 spiro atoms. The third-order valence-electron chi connectivity index (χ3n) is 4.59. The molecule has 0 bridgehead atoms. The lowest BCUT2D eigenvalue weighted by Crippen LogP contribution is -2.07. The van der Waals surface area contributed by atoms with Crippen molar-refractivity contribution in [2.45, 2.75) is 6.61 Å². The summed E-state index contributed by atoms with van der Waals surface area (Å²) in [4.78, 5) is 20.1. The van der Waals surface area contributed by atoms with Gasteiger partial charge in [-0.25, -0.2) is 14.4 Å². The van der Waals surface area contributed by atoms with Crippen molar-refractivity contribution in [2.75, 3.05) is 10.6 Å². The highest BCUT2D eigenvalue weighted by Crippen LogP contribution is 2.32. The van der Waals surface area contributed by atoms with Crippen LogP contribution in [-0.4, -0.2) is 21.0 Å². The van der Waals surface area contributed by atoms with Crippen molar-refractivity contribution in [3.8, 4) is 11.5 Å². The molecule has 4 aromatic rings. The van der Waals surface area contributed by atoms with Gasteiger partial charge in [0.05, 0.1) is 5.52 Å². The van der Waals surface area contributed by atoms with E-state index in [-0.39, 0.29) is 29.8 Å². The average Bonchev–Trinajstić information content (AvgIpc) is 2.79. The fraction of sp³-hybridized carbons (Fsp3) is 0.0417. The molecule has 0 radical (unpaired) electrons. The van der Waals surface area contributed by atoms with E-state index in [1.165, 1.54) is 30.6 Å². The van der Waals surface area contributed by atoms with E-state index in [0.717, 1.165) is 0 Å². The number of amides is 1. The van der Waals surface area contributed by atoms with Gasteiger partial charge in [0.15, 0.2) is 11.5 Å². The Morgan fingerprint density at radius 3 is 2.72 bits per heavy atom. The van der Waals surface area contributed by atoms with Gasteiger partial charge in [-0.1, -0.05) is 18.7 Å². The summed E-state index contributed by atoms with van der Waals surface area (Å²) in [6.45, 7) is 3.56. The first kappa shape index (κ1) is 20.8. The van der Waals surface area contributed by atoms with E-state index in [0.29, 0.717) is 33.7 Å². The zero-order valence-corrected chi connectivity index (χ0v) is 16.9. The zero-order valence-electron chi connectivity index (χ0n) is 16.9. The lowest BCUT2D eigenvalue weighted by molar-refractivity contribution is -0.111. The summed E-state index contributed by atoms with van der Waals surface area (Å²) in [5.41, 5.74) is 2.47. The van der Waals surface area contributed by atoms with Crippen molar-refractivity contribution < 1.29 is 19.0 Å². The molecule has 0 aliphatic rings. The zero-order chi connectivity index (χ0) is 22.5. The normalized spacial score (nSPS) is 10.5. The highest BCUT2D eigenvalue weighted by Gasteiger charge is 2.09. The second kappa shape index (κ2) is 9.13. The van der Waals surface area contributed by atoms with Gasteiger partial charge in [-0.2, -0.15) is 0 Å². The first-order valence-electron chi connectivity index (χ1n) is 9.67. The first-order chi connectivity index (χ1) is 15.5. The predicted molar refractivity (Wildman–Crippen MR) is 120 cm³/mol. The molecule has 0 aliphatic carbocycles. The van der Waals surface area contributed by atoms with Gasteiger partial charge in [0.25, 0.3) is 0 Å². The topological polar surface area (TPSA) is 96.4 Å². The van der Waals surface area contributed by atoms with E-state index in [1.807, 2.05) is 0 Å². The molecule has 1 aromatic heterocycles. The molecular weight excluding hydrogens is 411 g/mol. The largest absolute Gasteiger partial charge is 0.504 e. The van der Waals surface area contributed by atoms with Crippen molar-refractivity contribution >= 4 is 34.0 Å². The summed E-state index contributed by atoms with van der Waals surface area (Å²) < 4.78 is 18.9. The van der Waals surface area contributed by atoms with E-state index in [2.05, 4.69) is 27.2 Å². The molecule has 3 aromatic carbocycles. The van der Waals surface area contributed by atoms with Crippen LogP contribution in [0.2, 0.25) is 0 Å². The SMILES string of the molecule is C=CC(=O)Nc1ccc2ncnc(Nc3ccc(OCc4cccc(F)c4)c(O)c3)c2c1. The maximum absolute atomic E-state index is 13.3. The molecule has 8 heteroatoms. The van der Waals surface area contributed by atoms with Crippen LogP contribution in [0.4, 0.5) is 21.6 Å².